The van der Waals surface area contributed by atoms with E-state index in [0.717, 1.165) is 5.57 Å². The highest BCUT2D eigenvalue weighted by Crippen LogP contribution is 2.37. The van der Waals surface area contributed by atoms with Gasteiger partial charge in [0.15, 0.2) is 0 Å². The van der Waals surface area contributed by atoms with Gasteiger partial charge in [-0.1, -0.05) is 33.9 Å². The van der Waals surface area contributed by atoms with Crippen LogP contribution in [0.15, 0.2) is 45.1 Å². The Morgan fingerprint density at radius 2 is 1.67 bits per heavy atom. The lowest BCUT2D eigenvalue weighted by molar-refractivity contribution is -0.149. The maximum absolute atomic E-state index is 13.3. The number of hydrogen-bond acceptors (Lipinski definition) is 6. The molecule has 1 aromatic carbocycles. The number of carbonyl (C=O) groups is 1. The molecule has 0 aromatic heterocycles. The van der Waals surface area contributed by atoms with E-state index in [2.05, 4.69) is 10.1 Å². The maximum atomic E-state index is 13.3. The number of hydrogen-bond donors (Lipinski definition) is 0. The molecule has 43 heavy (non-hydrogen) atoms. The Hall–Kier alpha value is -2.28. The fourth-order valence-electron chi connectivity index (χ4n) is 5.18. The fourth-order valence-corrected chi connectivity index (χ4v) is 5.56. The van der Waals surface area contributed by atoms with E-state index in [1.165, 1.54) is 7.11 Å². The van der Waals surface area contributed by atoms with Gasteiger partial charge in [0.1, 0.15) is 7.11 Å². The van der Waals surface area contributed by atoms with Crippen LogP contribution in [-0.2, 0) is 38.1 Å². The van der Waals surface area contributed by atoms with Crippen molar-refractivity contribution >= 4 is 34.9 Å². The zero-order valence-electron chi connectivity index (χ0n) is 23.8. The van der Waals surface area contributed by atoms with E-state index in [1.54, 1.807) is 13.0 Å². The lowest BCUT2D eigenvalue weighted by atomic mass is 9.85. The van der Waals surface area contributed by atoms with Crippen LogP contribution in [0.3, 0.4) is 0 Å². The summed E-state index contributed by atoms with van der Waals surface area (Å²) in [5.41, 5.74) is -1.81. The number of ether oxygens (including phenoxy) is 2. The molecule has 6 nitrogen and oxygen atoms in total. The molecule has 1 aliphatic carbocycles. The second-order valence-electron chi connectivity index (χ2n) is 10.4. The van der Waals surface area contributed by atoms with E-state index in [9.17, 15) is 31.1 Å². The molecule has 0 saturated carbocycles. The van der Waals surface area contributed by atoms with Crippen molar-refractivity contribution in [3.8, 4) is 0 Å². The summed E-state index contributed by atoms with van der Waals surface area (Å²) >= 11 is 12.5. The third-order valence-corrected chi connectivity index (χ3v) is 8.20. The maximum Gasteiger partial charge on any atom is 0.416 e. The van der Waals surface area contributed by atoms with Gasteiger partial charge in [-0.15, -0.1) is 0 Å². The van der Waals surface area contributed by atoms with Gasteiger partial charge in [0.25, 0.3) is 0 Å². The third-order valence-electron chi connectivity index (χ3n) is 7.37. The molecule has 1 fully saturated rings. The van der Waals surface area contributed by atoms with Crippen molar-refractivity contribution in [3.63, 3.8) is 0 Å². The molecule has 3 rings (SSSR count). The quantitative estimate of drug-likeness (QED) is 0.0988. The number of rotatable bonds is 12. The first kappa shape index (κ1) is 35.2. The smallest absolute Gasteiger partial charge is 0.416 e. The van der Waals surface area contributed by atoms with E-state index in [0.29, 0.717) is 86.3 Å². The minimum atomic E-state index is -4.96. The van der Waals surface area contributed by atoms with Crippen molar-refractivity contribution in [2.24, 2.45) is 17.0 Å². The van der Waals surface area contributed by atoms with Crippen LogP contribution in [-0.4, -0.2) is 56.5 Å². The van der Waals surface area contributed by atoms with Crippen molar-refractivity contribution in [1.82, 2.24) is 4.90 Å². The van der Waals surface area contributed by atoms with Gasteiger partial charge in [-0.05, 0) is 88.5 Å². The number of nitrogens with zero attached hydrogens (tertiary/aromatic N) is 2. The van der Waals surface area contributed by atoms with Crippen LogP contribution < -0.4 is 0 Å². The van der Waals surface area contributed by atoms with Crippen molar-refractivity contribution in [2.45, 2.75) is 58.0 Å². The second-order valence-corrected chi connectivity index (χ2v) is 11.2. The Labute approximate surface area is 256 Å². The summed E-state index contributed by atoms with van der Waals surface area (Å²) in [5, 5.41) is 5.02. The van der Waals surface area contributed by atoms with E-state index < -0.39 is 30.1 Å². The van der Waals surface area contributed by atoms with Crippen LogP contribution in [0.1, 0.15) is 55.7 Å². The van der Waals surface area contributed by atoms with Crippen LogP contribution in [0.2, 0.25) is 0 Å². The Morgan fingerprint density at radius 1 is 1.05 bits per heavy atom. The van der Waals surface area contributed by atoms with Crippen LogP contribution >= 0.6 is 23.2 Å². The molecule has 0 amide bonds. The van der Waals surface area contributed by atoms with Gasteiger partial charge in [-0.3, -0.25) is 4.79 Å². The summed E-state index contributed by atoms with van der Waals surface area (Å²) < 4.78 is 90.5. The van der Waals surface area contributed by atoms with E-state index in [-0.39, 0.29) is 36.0 Å². The monoisotopic (exact) mass is 658 g/mol. The van der Waals surface area contributed by atoms with Gasteiger partial charge < -0.3 is 19.2 Å². The summed E-state index contributed by atoms with van der Waals surface area (Å²) in [6.45, 7) is 3.36. The first-order valence-corrected chi connectivity index (χ1v) is 14.6. The molecule has 240 valence electrons. The highest BCUT2D eigenvalue weighted by Gasteiger charge is 2.37. The zero-order valence-corrected chi connectivity index (χ0v) is 25.3. The Bertz CT molecular complexity index is 1180. The summed E-state index contributed by atoms with van der Waals surface area (Å²) in [6, 6.07) is 1.34. The molecule has 1 heterocycles. The number of likely N-dealkylation sites (tertiary alicyclic amines) is 1. The molecule has 1 unspecified atom stereocenters. The average Bonchev–Trinajstić information content (AvgIpc) is 2.94. The number of halogens is 8. The van der Waals surface area contributed by atoms with Gasteiger partial charge in [-0.2, -0.15) is 26.3 Å². The number of piperidine rings is 1. The molecular formula is C29H34Cl2F6N2O4. The average molecular weight is 659 g/mol. The number of benzene rings is 1. The summed E-state index contributed by atoms with van der Waals surface area (Å²) in [5.74, 6) is -0.694. The number of oxime groups is 1. The van der Waals surface area contributed by atoms with Crippen molar-refractivity contribution < 1.29 is 45.4 Å². The van der Waals surface area contributed by atoms with Crippen LogP contribution in [0.4, 0.5) is 26.3 Å². The lowest BCUT2D eigenvalue weighted by Crippen LogP contribution is -2.38. The molecule has 1 aromatic rings. The van der Waals surface area contributed by atoms with Crippen LogP contribution in [0.25, 0.3) is 0 Å². The number of carbonyl (C=O) groups excluding carboxylic acids is 1. The first-order chi connectivity index (χ1) is 20.2. The molecule has 0 radical (unpaired) electrons. The molecule has 14 heteroatoms. The minimum Gasteiger partial charge on any atom is -0.466 e. The SMILES string of the molecule is CCOC(=O)C1CCN(CCC(C2=CC(Cl)=C(Cl)CC2)/C(COCc2cc(C(F)(F)F)cc(C(F)(F)F)c2)=N/OC)CC1. The molecule has 1 saturated heterocycles. The van der Waals surface area contributed by atoms with Crippen molar-refractivity contribution in [3.05, 3.63) is 56.6 Å². The Balaban J connectivity index is 1.75. The van der Waals surface area contributed by atoms with Gasteiger partial charge in [0.05, 0.1) is 47.6 Å². The largest absolute Gasteiger partial charge is 0.466 e. The van der Waals surface area contributed by atoms with Crippen molar-refractivity contribution in [2.75, 3.05) is 40.0 Å². The van der Waals surface area contributed by atoms with Crippen molar-refractivity contribution in [1.29, 1.82) is 0 Å². The molecule has 1 aliphatic heterocycles. The predicted molar refractivity (Wildman–Crippen MR) is 150 cm³/mol. The van der Waals surface area contributed by atoms with Gasteiger partial charge in [0.2, 0.25) is 0 Å². The molecular weight excluding hydrogens is 625 g/mol. The van der Waals surface area contributed by atoms with E-state index in [4.69, 9.17) is 37.5 Å². The molecule has 0 bridgehead atoms. The molecule has 2 aliphatic rings. The highest BCUT2D eigenvalue weighted by atomic mass is 35.5. The summed E-state index contributed by atoms with van der Waals surface area (Å²) in [6.07, 6.45) is -5.24. The summed E-state index contributed by atoms with van der Waals surface area (Å²) in [7, 11) is 1.33. The molecule has 1 atom stereocenters. The molecule has 0 N–H and O–H groups in total. The standard InChI is InChI=1S/C29H34Cl2F6N2O4/c1-3-43-27(40)19-6-9-39(10-7-19)11-8-23(20-4-5-24(30)25(31)14-20)26(38-41-2)17-42-16-18-12-21(28(32,33)34)15-22(13-18)29(35,36)37/h12-15,19,23H,3-11,16-17H2,1-2H3/b38-26+. The van der Waals surface area contributed by atoms with E-state index >= 15 is 0 Å². The third kappa shape index (κ3) is 10.4. The minimum absolute atomic E-state index is 0.0742. The number of alkyl halides is 6. The van der Waals surface area contributed by atoms with Gasteiger partial charge in [-0.25, -0.2) is 0 Å². The molecule has 0 spiro atoms. The van der Waals surface area contributed by atoms with Gasteiger partial charge >= 0.3 is 18.3 Å². The highest BCUT2D eigenvalue weighted by molar-refractivity contribution is 6.40. The summed E-state index contributed by atoms with van der Waals surface area (Å²) in [4.78, 5) is 19.4. The fraction of sp³-hybridized carbons (Fsp3) is 0.586. The lowest BCUT2D eigenvalue weighted by Gasteiger charge is -2.32. The topological polar surface area (TPSA) is 60.4 Å². The van der Waals surface area contributed by atoms with Crippen LogP contribution in [0, 0.1) is 11.8 Å². The Morgan fingerprint density at radius 3 is 2.21 bits per heavy atom. The normalized spacial score (nSPS) is 18.5. The van der Waals surface area contributed by atoms with Gasteiger partial charge in [0, 0.05) is 11.0 Å². The Kier molecular flexibility index (Phi) is 12.8. The second kappa shape index (κ2) is 15.6. The van der Waals surface area contributed by atoms with Crippen LogP contribution in [0.5, 0.6) is 0 Å². The number of esters is 1. The predicted octanol–water partition coefficient (Wildman–Crippen LogP) is 7.93. The zero-order chi connectivity index (χ0) is 31.8. The van der Waals surface area contributed by atoms with E-state index in [1.807, 2.05) is 0 Å². The number of allylic oxidation sites excluding steroid dienone is 4. The first-order valence-electron chi connectivity index (χ1n) is 13.8.